The molecule has 0 spiro atoms. The van der Waals surface area contributed by atoms with Crippen LogP contribution in [0.3, 0.4) is 0 Å². The summed E-state index contributed by atoms with van der Waals surface area (Å²) in [6.45, 7) is -0.965. The number of halogens is 4. The molecule has 0 aromatic rings. The first-order valence-electron chi connectivity index (χ1n) is 5.35. The fraction of sp³-hybridized carbons (Fsp3) is 1.00. The topological polar surface area (TPSA) is 26.0 Å². The summed E-state index contributed by atoms with van der Waals surface area (Å²) in [5.74, 6) is -0.158. The lowest BCUT2D eigenvalue weighted by Crippen LogP contribution is -2.48. The Hall–Kier alpha value is -0.320. The van der Waals surface area contributed by atoms with Gasteiger partial charge in [-0.15, -0.1) is 0 Å². The maximum Gasteiger partial charge on any atom is 0.423 e. The molecule has 1 fully saturated rings. The van der Waals surface area contributed by atoms with E-state index in [1.807, 2.05) is 0 Å². The van der Waals surface area contributed by atoms with Crippen LogP contribution in [0.15, 0.2) is 0 Å². The van der Waals surface area contributed by atoms with Gasteiger partial charge < -0.3 is 5.73 Å². The van der Waals surface area contributed by atoms with E-state index in [0.717, 1.165) is 19.3 Å². The van der Waals surface area contributed by atoms with Gasteiger partial charge in [-0.3, -0.25) is 0 Å². The molecule has 0 bridgehead atoms. The minimum Gasteiger partial charge on any atom is -0.327 e. The van der Waals surface area contributed by atoms with Crippen LogP contribution in [0.4, 0.5) is 17.6 Å². The second-order valence-corrected chi connectivity index (χ2v) is 4.38. The predicted molar refractivity (Wildman–Crippen MR) is 50.1 cm³/mol. The number of hydrogen-bond donors (Lipinski definition) is 1. The molecule has 90 valence electrons. The van der Waals surface area contributed by atoms with Crippen molar-refractivity contribution in [3.8, 4) is 0 Å². The first-order valence-corrected chi connectivity index (χ1v) is 5.35. The molecule has 0 radical (unpaired) electrons. The van der Waals surface area contributed by atoms with Crippen LogP contribution in [0.25, 0.3) is 0 Å². The zero-order valence-corrected chi connectivity index (χ0v) is 8.62. The van der Waals surface area contributed by atoms with Crippen LogP contribution in [0.2, 0.25) is 0 Å². The number of nitrogens with two attached hydrogens (primary N) is 1. The normalized spacial score (nSPS) is 23.8. The monoisotopic (exact) mass is 227 g/mol. The Labute approximate surface area is 87.0 Å². The first-order chi connectivity index (χ1) is 6.89. The molecule has 0 amide bonds. The van der Waals surface area contributed by atoms with Crippen molar-refractivity contribution >= 4 is 0 Å². The lowest BCUT2D eigenvalue weighted by atomic mass is 9.81. The van der Waals surface area contributed by atoms with Crippen molar-refractivity contribution in [3.63, 3.8) is 0 Å². The second kappa shape index (κ2) is 4.68. The smallest absolute Gasteiger partial charge is 0.327 e. The predicted octanol–water partition coefficient (Wildman–Crippen LogP) is 3.19. The van der Waals surface area contributed by atoms with Gasteiger partial charge >= 0.3 is 6.18 Å². The van der Waals surface area contributed by atoms with E-state index in [0.29, 0.717) is 12.8 Å². The quantitative estimate of drug-likeness (QED) is 0.736. The van der Waals surface area contributed by atoms with Crippen molar-refractivity contribution < 1.29 is 17.6 Å². The summed E-state index contributed by atoms with van der Waals surface area (Å²) in [6.07, 6.45) is -1.05. The molecule has 0 aromatic carbocycles. The van der Waals surface area contributed by atoms with Gasteiger partial charge in [0.25, 0.3) is 0 Å². The van der Waals surface area contributed by atoms with E-state index in [-0.39, 0.29) is 5.92 Å². The molecule has 0 aromatic heterocycles. The Morgan fingerprint density at radius 1 is 1.00 bits per heavy atom. The standard InChI is InChI=1S/C10H17F4N/c11-9(7-15,10(12,13)14)6-8-4-2-1-3-5-8/h8H,1-7,15H2. The van der Waals surface area contributed by atoms with E-state index in [4.69, 9.17) is 5.73 Å². The SMILES string of the molecule is NCC(F)(CC1CCCCC1)C(F)(F)F. The molecular weight excluding hydrogens is 210 g/mol. The summed E-state index contributed by atoms with van der Waals surface area (Å²) in [6, 6.07) is 0. The fourth-order valence-corrected chi connectivity index (χ4v) is 2.16. The van der Waals surface area contributed by atoms with E-state index in [1.165, 1.54) is 0 Å². The van der Waals surface area contributed by atoms with E-state index >= 15 is 0 Å². The van der Waals surface area contributed by atoms with Crippen molar-refractivity contribution in [1.29, 1.82) is 0 Å². The van der Waals surface area contributed by atoms with Crippen LogP contribution in [0, 0.1) is 5.92 Å². The maximum absolute atomic E-state index is 13.6. The maximum atomic E-state index is 13.6. The highest BCUT2D eigenvalue weighted by Crippen LogP contribution is 2.41. The van der Waals surface area contributed by atoms with Gasteiger partial charge in [0.2, 0.25) is 5.67 Å². The molecule has 1 atom stereocenters. The Bertz CT molecular complexity index is 198. The van der Waals surface area contributed by atoms with Gasteiger partial charge in [0.05, 0.1) is 0 Å². The Morgan fingerprint density at radius 3 is 1.93 bits per heavy atom. The van der Waals surface area contributed by atoms with E-state index in [1.54, 1.807) is 0 Å². The van der Waals surface area contributed by atoms with Gasteiger partial charge in [-0.25, -0.2) is 4.39 Å². The molecule has 0 heterocycles. The van der Waals surface area contributed by atoms with Gasteiger partial charge in [0, 0.05) is 6.54 Å². The highest BCUT2D eigenvalue weighted by Gasteiger charge is 2.55. The van der Waals surface area contributed by atoms with Gasteiger partial charge in [-0.1, -0.05) is 32.1 Å². The molecule has 2 N–H and O–H groups in total. The molecule has 1 rings (SSSR count). The third kappa shape index (κ3) is 3.06. The van der Waals surface area contributed by atoms with Gasteiger partial charge in [-0.05, 0) is 12.3 Å². The molecule has 1 unspecified atom stereocenters. The lowest BCUT2D eigenvalue weighted by molar-refractivity contribution is -0.232. The fourth-order valence-electron chi connectivity index (χ4n) is 2.16. The summed E-state index contributed by atoms with van der Waals surface area (Å²) >= 11 is 0. The minimum absolute atomic E-state index is 0.158. The molecule has 5 heteroatoms. The third-order valence-corrected chi connectivity index (χ3v) is 3.17. The average Bonchev–Trinajstić information content (AvgIpc) is 2.17. The van der Waals surface area contributed by atoms with Crippen LogP contribution in [0.5, 0.6) is 0 Å². The molecule has 1 saturated carbocycles. The number of hydrogen-bond acceptors (Lipinski definition) is 1. The van der Waals surface area contributed by atoms with Crippen molar-refractivity contribution in [2.45, 2.75) is 50.4 Å². The molecule has 0 aliphatic heterocycles. The Morgan fingerprint density at radius 2 is 1.53 bits per heavy atom. The van der Waals surface area contributed by atoms with Crippen molar-refractivity contribution in [2.75, 3.05) is 6.54 Å². The zero-order valence-electron chi connectivity index (χ0n) is 8.62. The lowest BCUT2D eigenvalue weighted by Gasteiger charge is -2.32. The average molecular weight is 227 g/mol. The molecule has 0 saturated heterocycles. The summed E-state index contributed by atoms with van der Waals surface area (Å²) < 4.78 is 50.8. The molecular formula is C10H17F4N. The zero-order chi connectivity index (χ0) is 11.5. The van der Waals surface area contributed by atoms with Crippen molar-refractivity contribution in [1.82, 2.24) is 0 Å². The molecule has 1 aliphatic rings. The van der Waals surface area contributed by atoms with Gasteiger partial charge in [0.1, 0.15) is 0 Å². The highest BCUT2D eigenvalue weighted by molar-refractivity contribution is 4.90. The van der Waals surface area contributed by atoms with E-state index in [2.05, 4.69) is 0 Å². The second-order valence-electron chi connectivity index (χ2n) is 4.38. The van der Waals surface area contributed by atoms with Crippen LogP contribution in [0.1, 0.15) is 38.5 Å². The minimum atomic E-state index is -4.83. The van der Waals surface area contributed by atoms with Gasteiger partial charge in [-0.2, -0.15) is 13.2 Å². The third-order valence-electron chi connectivity index (χ3n) is 3.17. The molecule has 15 heavy (non-hydrogen) atoms. The molecule has 1 nitrogen and oxygen atoms in total. The largest absolute Gasteiger partial charge is 0.423 e. The van der Waals surface area contributed by atoms with Crippen molar-refractivity contribution in [2.24, 2.45) is 11.7 Å². The molecule has 1 aliphatic carbocycles. The van der Waals surface area contributed by atoms with Crippen LogP contribution in [-0.4, -0.2) is 18.4 Å². The Kier molecular flexibility index (Phi) is 3.98. The number of alkyl halides is 4. The van der Waals surface area contributed by atoms with E-state index < -0.39 is 24.8 Å². The van der Waals surface area contributed by atoms with Crippen LogP contribution in [-0.2, 0) is 0 Å². The van der Waals surface area contributed by atoms with Crippen LogP contribution < -0.4 is 5.73 Å². The van der Waals surface area contributed by atoms with Gasteiger partial charge in [0.15, 0.2) is 0 Å². The Balaban J connectivity index is 2.58. The van der Waals surface area contributed by atoms with E-state index in [9.17, 15) is 17.6 Å². The highest BCUT2D eigenvalue weighted by atomic mass is 19.4. The van der Waals surface area contributed by atoms with Crippen LogP contribution >= 0.6 is 0 Å². The summed E-state index contributed by atoms with van der Waals surface area (Å²) in [5, 5.41) is 0. The number of rotatable bonds is 3. The summed E-state index contributed by atoms with van der Waals surface area (Å²) in [5.41, 5.74) is 1.73. The summed E-state index contributed by atoms with van der Waals surface area (Å²) in [4.78, 5) is 0. The van der Waals surface area contributed by atoms with Crippen molar-refractivity contribution in [3.05, 3.63) is 0 Å². The summed E-state index contributed by atoms with van der Waals surface area (Å²) in [7, 11) is 0. The first kappa shape index (κ1) is 12.7.